The van der Waals surface area contributed by atoms with Crippen LogP contribution in [0.1, 0.15) is 12.0 Å². The molecule has 1 saturated heterocycles. The summed E-state index contributed by atoms with van der Waals surface area (Å²) in [6.07, 6.45) is 1.32. The van der Waals surface area contributed by atoms with Crippen molar-refractivity contribution in [3.63, 3.8) is 0 Å². The van der Waals surface area contributed by atoms with Gasteiger partial charge in [0.1, 0.15) is 12.2 Å². The summed E-state index contributed by atoms with van der Waals surface area (Å²) >= 11 is 0. The highest BCUT2D eigenvalue weighted by molar-refractivity contribution is 5.82. The molecule has 21 heavy (non-hydrogen) atoms. The van der Waals surface area contributed by atoms with Gasteiger partial charge in [0.15, 0.2) is 0 Å². The molecule has 116 valence electrons. The van der Waals surface area contributed by atoms with Crippen LogP contribution in [0.15, 0.2) is 30.3 Å². The summed E-state index contributed by atoms with van der Waals surface area (Å²) in [5.41, 5.74) is 7.25. The van der Waals surface area contributed by atoms with E-state index in [-0.39, 0.29) is 18.1 Å². The van der Waals surface area contributed by atoms with Crippen molar-refractivity contribution < 1.29 is 14.3 Å². The smallest absolute Gasteiger partial charge is 0.239 e. The molecular formula is C16H24N2O3. The van der Waals surface area contributed by atoms with E-state index in [4.69, 9.17) is 15.2 Å². The summed E-state index contributed by atoms with van der Waals surface area (Å²) in [5.74, 6) is -0.0208. The van der Waals surface area contributed by atoms with Crippen molar-refractivity contribution in [2.45, 2.75) is 31.1 Å². The normalized spacial score (nSPS) is 23.3. The number of benzene rings is 1. The van der Waals surface area contributed by atoms with Crippen molar-refractivity contribution in [1.82, 2.24) is 4.90 Å². The first-order valence-electron chi connectivity index (χ1n) is 7.29. The summed E-state index contributed by atoms with van der Waals surface area (Å²) < 4.78 is 10.7. The van der Waals surface area contributed by atoms with Crippen LogP contribution in [-0.4, -0.2) is 56.4 Å². The van der Waals surface area contributed by atoms with Gasteiger partial charge < -0.3 is 20.1 Å². The predicted molar refractivity (Wildman–Crippen MR) is 80.9 cm³/mol. The van der Waals surface area contributed by atoms with Crippen LogP contribution in [0, 0.1) is 0 Å². The van der Waals surface area contributed by atoms with Gasteiger partial charge in [-0.3, -0.25) is 4.79 Å². The Kier molecular flexibility index (Phi) is 5.73. The third-order valence-corrected chi connectivity index (χ3v) is 4.04. The fourth-order valence-corrected chi connectivity index (χ4v) is 2.70. The molecule has 1 aromatic carbocycles. The number of ether oxygens (including phenoxy) is 2. The number of carbonyl (C=O) groups is 1. The van der Waals surface area contributed by atoms with Crippen LogP contribution in [-0.2, 0) is 20.7 Å². The number of nitrogens with two attached hydrogens (primary N) is 1. The minimum Gasteiger partial charge on any atom is -0.377 e. The van der Waals surface area contributed by atoms with E-state index in [0.29, 0.717) is 19.5 Å². The highest BCUT2D eigenvalue weighted by Crippen LogP contribution is 2.17. The van der Waals surface area contributed by atoms with Crippen molar-refractivity contribution in [2.75, 3.05) is 27.3 Å². The molecule has 5 nitrogen and oxygen atoms in total. The van der Waals surface area contributed by atoms with Crippen LogP contribution in [0.4, 0.5) is 0 Å². The number of aryl methyl sites for hydroxylation is 1. The molecular weight excluding hydrogens is 268 g/mol. The van der Waals surface area contributed by atoms with Crippen LogP contribution >= 0.6 is 0 Å². The molecule has 0 spiro atoms. The zero-order valence-corrected chi connectivity index (χ0v) is 12.7. The Bertz CT molecular complexity index is 440. The van der Waals surface area contributed by atoms with Gasteiger partial charge in [-0.1, -0.05) is 30.3 Å². The lowest BCUT2D eigenvalue weighted by atomic mass is 10.1. The second-order valence-corrected chi connectivity index (χ2v) is 5.42. The molecule has 1 aliphatic heterocycles. The SMILES string of the molecule is COC1CN(C(=O)C(N)CCc2ccccc2)CC1OC. The monoisotopic (exact) mass is 292 g/mol. The quantitative estimate of drug-likeness (QED) is 0.843. The van der Waals surface area contributed by atoms with E-state index in [2.05, 4.69) is 12.1 Å². The van der Waals surface area contributed by atoms with Crippen LogP contribution in [0.3, 0.4) is 0 Å². The molecule has 0 aromatic heterocycles. The lowest BCUT2D eigenvalue weighted by Crippen LogP contribution is -2.43. The van der Waals surface area contributed by atoms with Crippen LogP contribution in [0.25, 0.3) is 0 Å². The van der Waals surface area contributed by atoms with Gasteiger partial charge in [-0.25, -0.2) is 0 Å². The van der Waals surface area contributed by atoms with Crippen molar-refractivity contribution >= 4 is 5.91 Å². The maximum atomic E-state index is 12.4. The van der Waals surface area contributed by atoms with Crippen molar-refractivity contribution in [1.29, 1.82) is 0 Å². The minimum absolute atomic E-state index is 0.0208. The maximum absolute atomic E-state index is 12.4. The third-order valence-electron chi connectivity index (χ3n) is 4.04. The van der Waals surface area contributed by atoms with Crippen molar-refractivity contribution in [3.05, 3.63) is 35.9 Å². The highest BCUT2D eigenvalue weighted by atomic mass is 16.5. The summed E-state index contributed by atoms with van der Waals surface area (Å²) in [6.45, 7) is 1.10. The van der Waals surface area contributed by atoms with Gasteiger partial charge in [-0.15, -0.1) is 0 Å². The van der Waals surface area contributed by atoms with E-state index in [0.717, 1.165) is 6.42 Å². The largest absolute Gasteiger partial charge is 0.377 e. The second kappa shape index (κ2) is 7.54. The number of methoxy groups -OCH3 is 2. The first kappa shape index (κ1) is 15.9. The summed E-state index contributed by atoms with van der Waals surface area (Å²) in [6, 6.07) is 9.60. The Morgan fingerprint density at radius 1 is 1.24 bits per heavy atom. The Morgan fingerprint density at radius 3 is 2.33 bits per heavy atom. The second-order valence-electron chi connectivity index (χ2n) is 5.42. The van der Waals surface area contributed by atoms with Gasteiger partial charge in [0, 0.05) is 27.3 Å². The molecule has 1 aliphatic rings. The highest BCUT2D eigenvalue weighted by Gasteiger charge is 2.36. The van der Waals surface area contributed by atoms with Crippen LogP contribution in [0.5, 0.6) is 0 Å². The molecule has 0 radical (unpaired) electrons. The Labute approximate surface area is 126 Å². The van der Waals surface area contributed by atoms with E-state index in [1.807, 2.05) is 18.2 Å². The van der Waals surface area contributed by atoms with E-state index in [1.54, 1.807) is 19.1 Å². The lowest BCUT2D eigenvalue weighted by Gasteiger charge is -2.20. The van der Waals surface area contributed by atoms with Gasteiger partial charge >= 0.3 is 0 Å². The van der Waals surface area contributed by atoms with Gasteiger partial charge in [-0.2, -0.15) is 0 Å². The van der Waals surface area contributed by atoms with Gasteiger partial charge in [0.05, 0.1) is 6.04 Å². The third kappa shape index (κ3) is 4.03. The average molecular weight is 292 g/mol. The Balaban J connectivity index is 1.85. The molecule has 1 heterocycles. The average Bonchev–Trinajstić information content (AvgIpc) is 2.96. The minimum atomic E-state index is -0.474. The van der Waals surface area contributed by atoms with E-state index >= 15 is 0 Å². The zero-order valence-electron chi connectivity index (χ0n) is 12.7. The molecule has 1 fully saturated rings. The van der Waals surface area contributed by atoms with Crippen molar-refractivity contribution in [2.24, 2.45) is 5.73 Å². The lowest BCUT2D eigenvalue weighted by molar-refractivity contribution is -0.132. The van der Waals surface area contributed by atoms with E-state index in [9.17, 15) is 4.79 Å². The van der Waals surface area contributed by atoms with Crippen LogP contribution in [0.2, 0.25) is 0 Å². The number of likely N-dealkylation sites (tertiary alicyclic amines) is 1. The number of hydrogen-bond acceptors (Lipinski definition) is 4. The number of hydrogen-bond donors (Lipinski definition) is 1. The number of amides is 1. The molecule has 0 bridgehead atoms. The molecule has 0 saturated carbocycles. The molecule has 1 aromatic rings. The first-order valence-corrected chi connectivity index (χ1v) is 7.29. The Hall–Kier alpha value is -1.43. The summed E-state index contributed by atoms with van der Waals surface area (Å²) in [4.78, 5) is 14.1. The molecule has 1 amide bonds. The fraction of sp³-hybridized carbons (Fsp3) is 0.562. The molecule has 0 aliphatic carbocycles. The first-order chi connectivity index (χ1) is 10.2. The van der Waals surface area contributed by atoms with Gasteiger partial charge in [-0.05, 0) is 18.4 Å². The molecule has 3 atom stereocenters. The van der Waals surface area contributed by atoms with Crippen molar-refractivity contribution in [3.8, 4) is 0 Å². The van der Waals surface area contributed by atoms with E-state index in [1.165, 1.54) is 5.56 Å². The molecule has 5 heteroatoms. The summed E-state index contributed by atoms with van der Waals surface area (Å²) in [5, 5.41) is 0. The molecule has 3 unspecified atom stereocenters. The van der Waals surface area contributed by atoms with E-state index < -0.39 is 6.04 Å². The molecule has 2 N–H and O–H groups in total. The Morgan fingerprint density at radius 2 is 1.81 bits per heavy atom. The zero-order chi connectivity index (χ0) is 15.2. The fourth-order valence-electron chi connectivity index (χ4n) is 2.70. The van der Waals surface area contributed by atoms with Gasteiger partial charge in [0.2, 0.25) is 5.91 Å². The topological polar surface area (TPSA) is 64.8 Å². The predicted octanol–water partition coefficient (Wildman–Crippen LogP) is 0.819. The number of rotatable bonds is 6. The number of carbonyl (C=O) groups excluding carboxylic acids is 1. The summed E-state index contributed by atoms with van der Waals surface area (Å²) in [7, 11) is 3.28. The maximum Gasteiger partial charge on any atom is 0.239 e. The standard InChI is InChI=1S/C16H24N2O3/c1-20-14-10-18(11-15(14)21-2)16(19)13(17)9-8-12-6-4-3-5-7-12/h3-7,13-15H,8-11,17H2,1-2H3. The van der Waals surface area contributed by atoms with Gasteiger partial charge in [0.25, 0.3) is 0 Å². The molecule has 2 rings (SSSR count). The van der Waals surface area contributed by atoms with Crippen LogP contribution < -0.4 is 5.73 Å². The number of nitrogens with zero attached hydrogens (tertiary/aromatic N) is 1.